The lowest BCUT2D eigenvalue weighted by atomic mass is 10.3. The van der Waals surface area contributed by atoms with Crippen LogP contribution in [0.1, 0.15) is 22.8 Å². The van der Waals surface area contributed by atoms with Gasteiger partial charge in [0.15, 0.2) is 0 Å². The molecular formula is C9H11FO2S. The fourth-order valence-corrected chi connectivity index (χ4v) is 1.76. The number of thiophene rings is 1. The summed E-state index contributed by atoms with van der Waals surface area (Å²) in [6, 6.07) is 3.40. The summed E-state index contributed by atoms with van der Waals surface area (Å²) in [5, 5.41) is 0. The number of aryl methyl sites for hydroxylation is 1. The van der Waals surface area contributed by atoms with E-state index in [0.29, 0.717) is 4.88 Å². The molecule has 72 valence electrons. The molecule has 13 heavy (non-hydrogen) atoms. The van der Waals surface area contributed by atoms with Crippen LogP contribution >= 0.6 is 11.3 Å². The summed E-state index contributed by atoms with van der Waals surface area (Å²) >= 11 is 1.27. The maximum absolute atomic E-state index is 13.3. The molecule has 1 aromatic rings. The van der Waals surface area contributed by atoms with Crippen LogP contribution in [0.25, 0.3) is 0 Å². The zero-order valence-electron chi connectivity index (χ0n) is 7.54. The van der Waals surface area contributed by atoms with Gasteiger partial charge in [-0.05, 0) is 26.0 Å². The van der Waals surface area contributed by atoms with E-state index in [2.05, 4.69) is 4.74 Å². The average Bonchev–Trinajstić information content (AvgIpc) is 2.51. The Bertz CT molecular complexity index is 296. The molecule has 4 heteroatoms. The summed E-state index contributed by atoms with van der Waals surface area (Å²) in [6.45, 7) is 3.74. The Morgan fingerprint density at radius 3 is 2.85 bits per heavy atom. The Morgan fingerprint density at radius 1 is 1.69 bits per heavy atom. The predicted molar refractivity (Wildman–Crippen MR) is 49.5 cm³/mol. The lowest BCUT2D eigenvalue weighted by molar-refractivity contribution is -0.149. The van der Waals surface area contributed by atoms with E-state index in [1.807, 2.05) is 6.92 Å². The maximum Gasteiger partial charge on any atom is 0.346 e. The minimum atomic E-state index is -1.63. The number of carbonyl (C=O) groups excluding carboxylic acids is 1. The Labute approximate surface area is 80.3 Å². The van der Waals surface area contributed by atoms with Gasteiger partial charge < -0.3 is 4.74 Å². The summed E-state index contributed by atoms with van der Waals surface area (Å²) in [4.78, 5) is 12.4. The van der Waals surface area contributed by atoms with E-state index in [1.165, 1.54) is 11.3 Å². The third-order valence-corrected chi connectivity index (χ3v) is 2.54. The molecule has 1 aromatic heterocycles. The van der Waals surface area contributed by atoms with Crippen LogP contribution in [-0.4, -0.2) is 12.6 Å². The van der Waals surface area contributed by atoms with E-state index in [0.717, 1.165) is 4.88 Å². The molecule has 0 saturated heterocycles. The molecule has 1 unspecified atom stereocenters. The normalized spacial score (nSPS) is 12.5. The van der Waals surface area contributed by atoms with Crippen LogP contribution in [0.3, 0.4) is 0 Å². The van der Waals surface area contributed by atoms with Crippen LogP contribution in [0.2, 0.25) is 0 Å². The number of ether oxygens (including phenoxy) is 1. The smallest absolute Gasteiger partial charge is 0.346 e. The largest absolute Gasteiger partial charge is 0.464 e. The monoisotopic (exact) mass is 202 g/mol. The van der Waals surface area contributed by atoms with Gasteiger partial charge >= 0.3 is 5.97 Å². The van der Waals surface area contributed by atoms with Crippen molar-refractivity contribution in [2.75, 3.05) is 6.61 Å². The number of rotatable bonds is 3. The molecule has 0 aliphatic rings. The van der Waals surface area contributed by atoms with Crippen molar-refractivity contribution < 1.29 is 13.9 Å². The van der Waals surface area contributed by atoms with E-state index in [4.69, 9.17) is 0 Å². The van der Waals surface area contributed by atoms with Crippen LogP contribution in [0, 0.1) is 6.92 Å². The van der Waals surface area contributed by atoms with Crippen LogP contribution < -0.4 is 0 Å². The van der Waals surface area contributed by atoms with Gasteiger partial charge in [0.05, 0.1) is 11.5 Å². The Balaban J connectivity index is 2.67. The van der Waals surface area contributed by atoms with Crippen molar-refractivity contribution in [1.29, 1.82) is 0 Å². The first-order valence-electron chi connectivity index (χ1n) is 4.02. The summed E-state index contributed by atoms with van der Waals surface area (Å²) in [7, 11) is 0. The molecule has 0 saturated carbocycles. The molecule has 0 N–H and O–H groups in total. The summed E-state index contributed by atoms with van der Waals surface area (Å²) in [5.74, 6) is -0.802. The van der Waals surface area contributed by atoms with Gasteiger partial charge in [-0.1, -0.05) is 0 Å². The highest BCUT2D eigenvalue weighted by molar-refractivity contribution is 7.12. The minimum absolute atomic E-state index is 0.212. The van der Waals surface area contributed by atoms with Gasteiger partial charge in [-0.15, -0.1) is 11.3 Å². The van der Waals surface area contributed by atoms with E-state index in [9.17, 15) is 9.18 Å². The third kappa shape index (κ3) is 2.52. The minimum Gasteiger partial charge on any atom is -0.464 e. The van der Waals surface area contributed by atoms with Crippen molar-refractivity contribution in [3.8, 4) is 0 Å². The van der Waals surface area contributed by atoms with Crippen molar-refractivity contribution in [1.82, 2.24) is 0 Å². The first-order chi connectivity index (χ1) is 6.15. The Kier molecular flexibility index (Phi) is 3.42. The third-order valence-electron chi connectivity index (χ3n) is 1.50. The second kappa shape index (κ2) is 4.37. The molecule has 0 bridgehead atoms. The fraction of sp³-hybridized carbons (Fsp3) is 0.444. The molecule has 0 amide bonds. The zero-order valence-corrected chi connectivity index (χ0v) is 8.36. The number of hydrogen-bond donors (Lipinski definition) is 0. The lowest BCUT2D eigenvalue weighted by Crippen LogP contribution is -2.10. The summed E-state index contributed by atoms with van der Waals surface area (Å²) in [6.07, 6.45) is -1.63. The lowest BCUT2D eigenvalue weighted by Gasteiger charge is -2.04. The van der Waals surface area contributed by atoms with Crippen LogP contribution in [0.4, 0.5) is 4.39 Å². The van der Waals surface area contributed by atoms with Crippen LogP contribution in [0.15, 0.2) is 12.1 Å². The van der Waals surface area contributed by atoms with Crippen LogP contribution in [-0.2, 0) is 9.53 Å². The number of halogens is 1. The van der Waals surface area contributed by atoms with E-state index in [1.54, 1.807) is 19.1 Å². The highest BCUT2D eigenvalue weighted by Crippen LogP contribution is 2.26. The molecule has 1 heterocycles. The topological polar surface area (TPSA) is 26.3 Å². The molecule has 1 atom stereocenters. The number of alkyl halides is 1. The molecular weight excluding hydrogens is 191 g/mol. The summed E-state index contributed by atoms with van der Waals surface area (Å²) in [5.41, 5.74) is 0. The predicted octanol–water partition coefficient (Wildman–Crippen LogP) is 2.63. The van der Waals surface area contributed by atoms with E-state index < -0.39 is 12.1 Å². The van der Waals surface area contributed by atoms with Crippen molar-refractivity contribution in [3.63, 3.8) is 0 Å². The van der Waals surface area contributed by atoms with Crippen molar-refractivity contribution in [3.05, 3.63) is 21.9 Å². The zero-order chi connectivity index (χ0) is 9.84. The molecule has 0 aromatic carbocycles. The van der Waals surface area contributed by atoms with Crippen molar-refractivity contribution in [2.24, 2.45) is 0 Å². The van der Waals surface area contributed by atoms with Gasteiger partial charge in [0.25, 0.3) is 0 Å². The average molecular weight is 202 g/mol. The SMILES string of the molecule is CCOC(=O)C(F)c1ccc(C)s1. The molecule has 0 aliphatic carbocycles. The molecule has 2 nitrogen and oxygen atoms in total. The van der Waals surface area contributed by atoms with Crippen molar-refractivity contribution in [2.45, 2.75) is 20.0 Å². The first-order valence-corrected chi connectivity index (χ1v) is 4.84. The molecule has 0 radical (unpaired) electrons. The molecule has 1 rings (SSSR count). The number of carbonyl (C=O) groups is 1. The van der Waals surface area contributed by atoms with Gasteiger partial charge in [-0.3, -0.25) is 0 Å². The van der Waals surface area contributed by atoms with Gasteiger partial charge in [-0.2, -0.15) is 0 Å². The molecule has 0 fully saturated rings. The first kappa shape index (κ1) is 10.2. The highest BCUT2D eigenvalue weighted by Gasteiger charge is 2.22. The number of hydrogen-bond acceptors (Lipinski definition) is 3. The van der Waals surface area contributed by atoms with Gasteiger partial charge in [0.2, 0.25) is 6.17 Å². The van der Waals surface area contributed by atoms with E-state index >= 15 is 0 Å². The second-order valence-electron chi connectivity index (χ2n) is 2.56. The van der Waals surface area contributed by atoms with Gasteiger partial charge in [-0.25, -0.2) is 9.18 Å². The Hall–Kier alpha value is -0.900. The van der Waals surface area contributed by atoms with Gasteiger partial charge in [0.1, 0.15) is 0 Å². The number of esters is 1. The van der Waals surface area contributed by atoms with Gasteiger partial charge in [0, 0.05) is 4.88 Å². The Morgan fingerprint density at radius 2 is 2.38 bits per heavy atom. The second-order valence-corrected chi connectivity index (χ2v) is 3.88. The molecule has 0 aliphatic heterocycles. The maximum atomic E-state index is 13.3. The standard InChI is InChI=1S/C9H11FO2S/c1-3-12-9(11)8(10)7-5-4-6(2)13-7/h4-5,8H,3H2,1-2H3. The van der Waals surface area contributed by atoms with Crippen LogP contribution in [0.5, 0.6) is 0 Å². The molecule has 0 spiro atoms. The highest BCUT2D eigenvalue weighted by atomic mass is 32.1. The van der Waals surface area contributed by atoms with E-state index in [-0.39, 0.29) is 6.61 Å². The quantitative estimate of drug-likeness (QED) is 0.704. The fourth-order valence-electron chi connectivity index (χ4n) is 0.921. The summed E-state index contributed by atoms with van der Waals surface area (Å²) < 4.78 is 17.8. The van der Waals surface area contributed by atoms with Crippen molar-refractivity contribution >= 4 is 17.3 Å².